The molecule has 33 heavy (non-hydrogen) atoms. The lowest BCUT2D eigenvalue weighted by Crippen LogP contribution is -2.21. The highest BCUT2D eigenvalue weighted by molar-refractivity contribution is 5.99. The highest BCUT2D eigenvalue weighted by Gasteiger charge is 2.21. The van der Waals surface area contributed by atoms with Gasteiger partial charge in [-0.3, -0.25) is 9.48 Å². The zero-order valence-electron chi connectivity index (χ0n) is 17.9. The van der Waals surface area contributed by atoms with Gasteiger partial charge in [-0.05, 0) is 30.3 Å². The Morgan fingerprint density at radius 3 is 2.42 bits per heavy atom. The van der Waals surface area contributed by atoms with Crippen molar-refractivity contribution in [2.45, 2.75) is 0 Å². The maximum Gasteiger partial charge on any atom is 0.273 e. The lowest BCUT2D eigenvalue weighted by Gasteiger charge is -2.16. The van der Waals surface area contributed by atoms with Gasteiger partial charge in [0.15, 0.2) is 17.3 Å². The monoisotopic (exact) mass is 451 g/mol. The molecule has 2 aromatic carbocycles. The van der Waals surface area contributed by atoms with Crippen LogP contribution < -0.4 is 15.4 Å². The summed E-state index contributed by atoms with van der Waals surface area (Å²) < 4.78 is 35.8. The van der Waals surface area contributed by atoms with Crippen LogP contribution in [0.1, 0.15) is 10.5 Å². The zero-order chi connectivity index (χ0) is 23.5. The van der Waals surface area contributed by atoms with Crippen molar-refractivity contribution in [3.8, 4) is 28.4 Å². The van der Waals surface area contributed by atoms with E-state index in [9.17, 15) is 13.6 Å². The number of anilines is 2. The standard InChI is InChI=1S/C22H19F2N7O2/c1-25-22(32)19-17(10-16(28-29-19)18-13(23)7-5-8-14(18)24)27-15-9-4-6-12(20(15)33-3)21-26-11-31(2)30-21/h4-11H,1-3H3,(H,25,32)(H,27,28). The number of hydrogen-bond donors (Lipinski definition) is 2. The van der Waals surface area contributed by atoms with E-state index < -0.39 is 17.5 Å². The van der Waals surface area contributed by atoms with Crippen LogP contribution in [0.25, 0.3) is 22.6 Å². The highest BCUT2D eigenvalue weighted by atomic mass is 19.1. The van der Waals surface area contributed by atoms with E-state index in [0.717, 1.165) is 12.1 Å². The summed E-state index contributed by atoms with van der Waals surface area (Å²) in [6.07, 6.45) is 1.56. The Morgan fingerprint density at radius 2 is 1.79 bits per heavy atom. The molecule has 0 bridgehead atoms. The molecule has 4 aromatic rings. The molecule has 0 saturated carbocycles. The number of nitrogens with one attached hydrogen (secondary N) is 2. The third kappa shape index (κ3) is 4.20. The van der Waals surface area contributed by atoms with Crippen LogP contribution in [-0.2, 0) is 7.05 Å². The number of para-hydroxylation sites is 1. The van der Waals surface area contributed by atoms with Gasteiger partial charge in [-0.2, -0.15) is 5.10 Å². The summed E-state index contributed by atoms with van der Waals surface area (Å²) >= 11 is 0. The van der Waals surface area contributed by atoms with Gasteiger partial charge in [0.1, 0.15) is 23.7 Å². The first-order valence-electron chi connectivity index (χ1n) is 9.77. The van der Waals surface area contributed by atoms with Gasteiger partial charge in [0.2, 0.25) is 0 Å². The lowest BCUT2D eigenvalue weighted by atomic mass is 10.1. The Kier molecular flexibility index (Phi) is 5.94. The lowest BCUT2D eigenvalue weighted by molar-refractivity contribution is 0.0958. The number of carbonyl (C=O) groups is 1. The summed E-state index contributed by atoms with van der Waals surface area (Å²) in [6.45, 7) is 0. The van der Waals surface area contributed by atoms with E-state index >= 15 is 0 Å². The molecule has 0 aliphatic heterocycles. The third-order valence-electron chi connectivity index (χ3n) is 4.78. The van der Waals surface area contributed by atoms with Crippen LogP contribution in [-0.4, -0.2) is 45.0 Å². The molecule has 0 atom stereocenters. The summed E-state index contributed by atoms with van der Waals surface area (Å²) in [5.74, 6) is -1.30. The number of nitrogens with zero attached hydrogens (tertiary/aromatic N) is 5. The van der Waals surface area contributed by atoms with Crippen molar-refractivity contribution in [1.29, 1.82) is 0 Å². The molecule has 0 fully saturated rings. The topological polar surface area (TPSA) is 107 Å². The van der Waals surface area contributed by atoms with Gasteiger partial charge in [-0.15, -0.1) is 10.2 Å². The van der Waals surface area contributed by atoms with Gasteiger partial charge in [0.05, 0.1) is 29.6 Å². The van der Waals surface area contributed by atoms with Crippen LogP contribution in [0.4, 0.5) is 20.2 Å². The molecule has 0 saturated heterocycles. The molecule has 2 N–H and O–H groups in total. The minimum absolute atomic E-state index is 0.0681. The van der Waals surface area contributed by atoms with E-state index in [4.69, 9.17) is 4.74 Å². The minimum Gasteiger partial charge on any atom is -0.494 e. The van der Waals surface area contributed by atoms with Gasteiger partial charge in [0.25, 0.3) is 5.91 Å². The largest absolute Gasteiger partial charge is 0.494 e. The van der Waals surface area contributed by atoms with Crippen LogP contribution >= 0.6 is 0 Å². The SMILES string of the molecule is CNC(=O)c1nnc(-c2c(F)cccc2F)cc1Nc1cccc(-c2ncn(C)n2)c1OC. The van der Waals surface area contributed by atoms with Crippen molar-refractivity contribution in [3.63, 3.8) is 0 Å². The second-order valence-corrected chi connectivity index (χ2v) is 6.92. The van der Waals surface area contributed by atoms with Crippen molar-refractivity contribution < 1.29 is 18.3 Å². The predicted octanol–water partition coefficient (Wildman–Crippen LogP) is 3.33. The molecule has 9 nitrogen and oxygen atoms in total. The van der Waals surface area contributed by atoms with Gasteiger partial charge in [-0.25, -0.2) is 13.8 Å². The van der Waals surface area contributed by atoms with Crippen LogP contribution in [0, 0.1) is 11.6 Å². The predicted molar refractivity (Wildman–Crippen MR) is 117 cm³/mol. The number of amides is 1. The van der Waals surface area contributed by atoms with E-state index in [1.807, 2.05) is 0 Å². The van der Waals surface area contributed by atoms with Crippen molar-refractivity contribution in [3.05, 3.63) is 66.1 Å². The molecule has 0 aliphatic rings. The average Bonchev–Trinajstić information content (AvgIpc) is 3.24. The Hall–Kier alpha value is -4.41. The number of aromatic nitrogens is 5. The van der Waals surface area contributed by atoms with Crippen LogP contribution in [0.15, 0.2) is 48.8 Å². The molecular weight excluding hydrogens is 432 g/mol. The first-order valence-corrected chi connectivity index (χ1v) is 9.77. The van der Waals surface area contributed by atoms with Gasteiger partial charge < -0.3 is 15.4 Å². The fourth-order valence-electron chi connectivity index (χ4n) is 3.28. The van der Waals surface area contributed by atoms with Crippen molar-refractivity contribution in [2.75, 3.05) is 19.5 Å². The Labute approximate surface area is 187 Å². The van der Waals surface area contributed by atoms with Gasteiger partial charge in [-0.1, -0.05) is 12.1 Å². The summed E-state index contributed by atoms with van der Waals surface area (Å²) in [7, 11) is 4.66. The van der Waals surface area contributed by atoms with E-state index in [2.05, 4.69) is 30.9 Å². The molecule has 4 rings (SSSR count). The Morgan fingerprint density at radius 1 is 1.06 bits per heavy atom. The van der Waals surface area contributed by atoms with Crippen LogP contribution in [0.2, 0.25) is 0 Å². The summed E-state index contributed by atoms with van der Waals surface area (Å²) in [6, 6.07) is 10.1. The minimum atomic E-state index is -0.802. The molecular formula is C22H19F2N7O2. The van der Waals surface area contributed by atoms with Crippen LogP contribution in [0.3, 0.4) is 0 Å². The number of carbonyl (C=O) groups excluding carboxylic acids is 1. The second kappa shape index (κ2) is 8.99. The normalized spacial score (nSPS) is 10.7. The number of benzene rings is 2. The summed E-state index contributed by atoms with van der Waals surface area (Å²) in [5.41, 5.74) is 0.734. The molecule has 11 heteroatoms. The number of halogens is 2. The average molecular weight is 451 g/mol. The molecule has 0 spiro atoms. The number of aryl methyl sites for hydroxylation is 1. The van der Waals surface area contributed by atoms with Crippen LogP contribution in [0.5, 0.6) is 5.75 Å². The summed E-state index contributed by atoms with van der Waals surface area (Å²) in [4.78, 5) is 16.6. The van der Waals surface area contributed by atoms with E-state index in [0.29, 0.717) is 22.8 Å². The Bertz CT molecular complexity index is 1320. The fraction of sp³-hybridized carbons (Fsp3) is 0.136. The number of methoxy groups -OCH3 is 1. The number of rotatable bonds is 6. The molecule has 1 amide bonds. The molecule has 0 radical (unpaired) electrons. The molecule has 0 aliphatic carbocycles. The second-order valence-electron chi connectivity index (χ2n) is 6.92. The maximum atomic E-state index is 14.3. The van der Waals surface area contributed by atoms with E-state index in [-0.39, 0.29) is 22.6 Å². The van der Waals surface area contributed by atoms with E-state index in [1.165, 1.54) is 26.3 Å². The van der Waals surface area contributed by atoms with Crippen molar-refractivity contribution >= 4 is 17.3 Å². The third-order valence-corrected chi connectivity index (χ3v) is 4.78. The smallest absolute Gasteiger partial charge is 0.273 e. The van der Waals surface area contributed by atoms with E-state index in [1.54, 1.807) is 36.3 Å². The van der Waals surface area contributed by atoms with Crippen molar-refractivity contribution in [1.82, 2.24) is 30.3 Å². The molecule has 2 aromatic heterocycles. The summed E-state index contributed by atoms with van der Waals surface area (Å²) in [5, 5.41) is 17.6. The van der Waals surface area contributed by atoms with Gasteiger partial charge >= 0.3 is 0 Å². The Balaban J connectivity index is 1.84. The number of hydrogen-bond acceptors (Lipinski definition) is 7. The molecule has 2 heterocycles. The van der Waals surface area contributed by atoms with Crippen molar-refractivity contribution in [2.24, 2.45) is 7.05 Å². The number of ether oxygens (including phenoxy) is 1. The highest BCUT2D eigenvalue weighted by Crippen LogP contribution is 2.37. The zero-order valence-corrected chi connectivity index (χ0v) is 17.9. The fourth-order valence-corrected chi connectivity index (χ4v) is 3.28. The maximum absolute atomic E-state index is 14.3. The first kappa shape index (κ1) is 21.8. The van der Waals surface area contributed by atoms with Gasteiger partial charge in [0, 0.05) is 14.1 Å². The molecule has 0 unspecified atom stereocenters. The first-order chi connectivity index (χ1) is 15.9. The molecule has 168 valence electrons. The quantitative estimate of drug-likeness (QED) is 0.463.